The summed E-state index contributed by atoms with van der Waals surface area (Å²) in [7, 11) is 0. The highest BCUT2D eigenvalue weighted by Gasteiger charge is 2.40. The Bertz CT molecular complexity index is 1170. The van der Waals surface area contributed by atoms with E-state index in [2.05, 4.69) is 5.32 Å². The molecule has 31 heavy (non-hydrogen) atoms. The summed E-state index contributed by atoms with van der Waals surface area (Å²) >= 11 is 0. The van der Waals surface area contributed by atoms with Gasteiger partial charge < -0.3 is 10.1 Å². The Labute approximate surface area is 179 Å². The zero-order valence-corrected chi connectivity index (χ0v) is 17.2. The Hall–Kier alpha value is -3.93. The third-order valence-electron chi connectivity index (χ3n) is 4.92. The summed E-state index contributed by atoms with van der Waals surface area (Å²) in [6.45, 7) is 4.34. The van der Waals surface area contributed by atoms with Crippen molar-refractivity contribution in [3.8, 4) is 5.75 Å². The van der Waals surface area contributed by atoms with Gasteiger partial charge in [-0.3, -0.25) is 9.59 Å². The Morgan fingerprint density at radius 3 is 2.32 bits per heavy atom. The number of hydrogen-bond acceptors (Lipinski definition) is 4. The number of halogens is 1. The van der Waals surface area contributed by atoms with E-state index in [1.54, 1.807) is 18.2 Å². The number of ether oxygens (including phenoxy) is 1. The van der Waals surface area contributed by atoms with E-state index in [-0.39, 0.29) is 11.3 Å². The van der Waals surface area contributed by atoms with Crippen molar-refractivity contribution in [2.45, 2.75) is 13.8 Å². The van der Waals surface area contributed by atoms with Gasteiger partial charge in [-0.1, -0.05) is 35.9 Å². The molecule has 0 saturated heterocycles. The fourth-order valence-electron chi connectivity index (χ4n) is 3.43. The van der Waals surface area contributed by atoms with E-state index in [1.165, 1.54) is 24.3 Å². The second-order valence-electron chi connectivity index (χ2n) is 7.12. The molecule has 0 bridgehead atoms. The highest BCUT2D eigenvalue weighted by molar-refractivity contribution is 6.46. The lowest BCUT2D eigenvalue weighted by molar-refractivity contribution is -0.120. The topological polar surface area (TPSA) is 58.6 Å². The molecule has 1 aliphatic heterocycles. The van der Waals surface area contributed by atoms with Crippen LogP contribution in [-0.2, 0) is 9.59 Å². The van der Waals surface area contributed by atoms with E-state index in [1.807, 2.05) is 44.2 Å². The van der Waals surface area contributed by atoms with Gasteiger partial charge in [0.05, 0.1) is 17.9 Å². The monoisotopic (exact) mass is 416 g/mol. The standard InChI is InChI=1S/C25H21FN2O3/c1-3-31-21-6-4-5-19(15-21)27-23-22(17-9-7-16(2)8-10-17)24(29)28(25(23)30)20-13-11-18(26)12-14-20/h4-15,27H,3H2,1-2H3. The number of nitrogens with zero attached hydrogens (tertiary/aromatic N) is 1. The van der Waals surface area contributed by atoms with Crippen molar-refractivity contribution in [2.24, 2.45) is 0 Å². The molecular weight excluding hydrogens is 395 g/mol. The van der Waals surface area contributed by atoms with Crippen LogP contribution in [-0.4, -0.2) is 18.4 Å². The minimum atomic E-state index is -0.506. The van der Waals surface area contributed by atoms with Gasteiger partial charge in [-0.15, -0.1) is 0 Å². The van der Waals surface area contributed by atoms with E-state index in [9.17, 15) is 14.0 Å². The van der Waals surface area contributed by atoms with Crippen LogP contribution < -0.4 is 15.0 Å². The number of aryl methyl sites for hydroxylation is 1. The molecule has 1 N–H and O–H groups in total. The summed E-state index contributed by atoms with van der Waals surface area (Å²) in [5.41, 5.74) is 3.00. The molecule has 0 radical (unpaired) electrons. The fraction of sp³-hybridized carbons (Fsp3) is 0.120. The molecule has 2 amide bonds. The maximum absolute atomic E-state index is 13.4. The summed E-state index contributed by atoms with van der Waals surface area (Å²) in [6, 6.07) is 19.8. The summed E-state index contributed by atoms with van der Waals surface area (Å²) in [6.07, 6.45) is 0. The summed E-state index contributed by atoms with van der Waals surface area (Å²) in [5, 5.41) is 3.11. The molecule has 6 heteroatoms. The molecule has 3 aromatic rings. The number of benzene rings is 3. The molecule has 5 nitrogen and oxygen atoms in total. The molecule has 0 aliphatic carbocycles. The first kappa shape index (κ1) is 20.3. The van der Waals surface area contributed by atoms with Crippen molar-refractivity contribution in [3.63, 3.8) is 0 Å². The molecule has 0 fully saturated rings. The zero-order valence-electron chi connectivity index (χ0n) is 17.2. The quantitative estimate of drug-likeness (QED) is 0.579. The van der Waals surface area contributed by atoms with Crippen molar-refractivity contribution in [3.05, 3.63) is 95.4 Å². The fourth-order valence-corrected chi connectivity index (χ4v) is 3.43. The predicted octanol–water partition coefficient (Wildman–Crippen LogP) is 4.93. The van der Waals surface area contributed by atoms with E-state index in [4.69, 9.17) is 4.74 Å². The molecule has 0 atom stereocenters. The Morgan fingerprint density at radius 2 is 1.65 bits per heavy atom. The van der Waals surface area contributed by atoms with Gasteiger partial charge in [0.25, 0.3) is 11.8 Å². The van der Waals surface area contributed by atoms with E-state index in [0.29, 0.717) is 29.3 Å². The second-order valence-corrected chi connectivity index (χ2v) is 7.12. The van der Waals surface area contributed by atoms with Crippen molar-refractivity contribution in [1.29, 1.82) is 0 Å². The SMILES string of the molecule is CCOc1cccc(NC2=C(c3ccc(C)cc3)C(=O)N(c3ccc(F)cc3)C2=O)c1. The van der Waals surface area contributed by atoms with Crippen LogP contribution in [0.4, 0.5) is 15.8 Å². The third-order valence-corrected chi connectivity index (χ3v) is 4.92. The number of hydrogen-bond donors (Lipinski definition) is 1. The molecule has 0 unspecified atom stereocenters. The Kier molecular flexibility index (Phi) is 5.54. The largest absolute Gasteiger partial charge is 0.494 e. The molecule has 0 saturated carbocycles. The molecule has 1 heterocycles. The maximum atomic E-state index is 13.4. The number of rotatable bonds is 6. The van der Waals surface area contributed by atoms with Crippen LogP contribution in [0.2, 0.25) is 0 Å². The lowest BCUT2D eigenvalue weighted by Gasteiger charge is -2.15. The van der Waals surface area contributed by atoms with E-state index < -0.39 is 17.6 Å². The molecule has 3 aromatic carbocycles. The van der Waals surface area contributed by atoms with Crippen LogP contribution in [0, 0.1) is 12.7 Å². The first-order valence-corrected chi connectivity index (χ1v) is 9.93. The number of carbonyl (C=O) groups excluding carboxylic acids is 2. The van der Waals surface area contributed by atoms with Gasteiger partial charge in [-0.05, 0) is 55.8 Å². The lowest BCUT2D eigenvalue weighted by atomic mass is 10.0. The zero-order chi connectivity index (χ0) is 22.0. The average molecular weight is 416 g/mol. The molecule has 156 valence electrons. The highest BCUT2D eigenvalue weighted by atomic mass is 19.1. The number of anilines is 2. The molecule has 4 rings (SSSR count). The lowest BCUT2D eigenvalue weighted by Crippen LogP contribution is -2.32. The van der Waals surface area contributed by atoms with Crippen LogP contribution in [0.15, 0.2) is 78.5 Å². The minimum absolute atomic E-state index is 0.159. The molecular formula is C25H21FN2O3. The van der Waals surface area contributed by atoms with E-state index in [0.717, 1.165) is 10.5 Å². The van der Waals surface area contributed by atoms with Gasteiger partial charge in [-0.25, -0.2) is 9.29 Å². The highest BCUT2D eigenvalue weighted by Crippen LogP contribution is 2.34. The number of carbonyl (C=O) groups is 2. The van der Waals surface area contributed by atoms with E-state index >= 15 is 0 Å². The maximum Gasteiger partial charge on any atom is 0.282 e. The van der Waals surface area contributed by atoms with Gasteiger partial charge in [0, 0.05) is 11.8 Å². The van der Waals surface area contributed by atoms with Gasteiger partial charge >= 0.3 is 0 Å². The number of nitrogens with one attached hydrogen (secondary N) is 1. The smallest absolute Gasteiger partial charge is 0.282 e. The Morgan fingerprint density at radius 1 is 0.935 bits per heavy atom. The van der Waals surface area contributed by atoms with Gasteiger partial charge in [-0.2, -0.15) is 0 Å². The average Bonchev–Trinajstić information content (AvgIpc) is 3.00. The van der Waals surface area contributed by atoms with Crippen molar-refractivity contribution < 1.29 is 18.7 Å². The van der Waals surface area contributed by atoms with Crippen molar-refractivity contribution >= 4 is 28.8 Å². The summed E-state index contributed by atoms with van der Waals surface area (Å²) in [4.78, 5) is 27.7. The first-order chi connectivity index (χ1) is 15.0. The normalized spacial score (nSPS) is 13.7. The van der Waals surface area contributed by atoms with Crippen LogP contribution in [0.5, 0.6) is 5.75 Å². The van der Waals surface area contributed by atoms with Gasteiger partial charge in [0.2, 0.25) is 0 Å². The molecule has 1 aliphatic rings. The second kappa shape index (κ2) is 8.44. The first-order valence-electron chi connectivity index (χ1n) is 9.93. The van der Waals surface area contributed by atoms with Crippen LogP contribution in [0.3, 0.4) is 0 Å². The predicted molar refractivity (Wildman–Crippen MR) is 118 cm³/mol. The molecule has 0 aromatic heterocycles. The minimum Gasteiger partial charge on any atom is -0.494 e. The van der Waals surface area contributed by atoms with Crippen LogP contribution >= 0.6 is 0 Å². The summed E-state index contributed by atoms with van der Waals surface area (Å²) in [5.74, 6) is -0.768. The third kappa shape index (κ3) is 4.05. The van der Waals surface area contributed by atoms with Gasteiger partial charge in [0.15, 0.2) is 0 Å². The number of imide groups is 1. The van der Waals surface area contributed by atoms with Gasteiger partial charge in [0.1, 0.15) is 17.3 Å². The molecule has 0 spiro atoms. The van der Waals surface area contributed by atoms with Crippen LogP contribution in [0.1, 0.15) is 18.1 Å². The number of amides is 2. The van der Waals surface area contributed by atoms with Crippen LogP contribution in [0.25, 0.3) is 5.57 Å². The van der Waals surface area contributed by atoms with Crippen molar-refractivity contribution in [1.82, 2.24) is 0 Å². The van der Waals surface area contributed by atoms with Crippen molar-refractivity contribution in [2.75, 3.05) is 16.8 Å². The Balaban J connectivity index is 1.78. The summed E-state index contributed by atoms with van der Waals surface area (Å²) < 4.78 is 18.9.